The molecule has 3 N–H and O–H groups in total. The quantitative estimate of drug-likeness (QED) is 0.269. The summed E-state index contributed by atoms with van der Waals surface area (Å²) in [4.78, 5) is 21.6. The molecule has 2 aromatic carbocycles. The van der Waals surface area contributed by atoms with Crippen LogP contribution in [0.15, 0.2) is 72.3 Å². The van der Waals surface area contributed by atoms with Gasteiger partial charge in [-0.1, -0.05) is 0 Å². The molecule has 0 aliphatic carbocycles. The Kier molecular flexibility index (Phi) is 5.55. The van der Waals surface area contributed by atoms with Crippen LogP contribution in [-0.4, -0.2) is 23.9 Å². The number of nitrogens with two attached hydrogens (primary N) is 1. The van der Waals surface area contributed by atoms with Gasteiger partial charge in [0, 0.05) is 24.8 Å². The van der Waals surface area contributed by atoms with E-state index in [9.17, 15) is 31.1 Å². The largest absolute Gasteiger partial charge is 0.416 e. The monoisotopic (exact) mass is 480 g/mol. The zero-order valence-electron chi connectivity index (χ0n) is 16.9. The highest BCUT2D eigenvalue weighted by Gasteiger charge is 2.31. The Morgan fingerprint density at radius 3 is 2.18 bits per heavy atom. The van der Waals surface area contributed by atoms with E-state index < -0.39 is 29.0 Å². The van der Waals surface area contributed by atoms with Crippen LogP contribution in [0.1, 0.15) is 11.1 Å². The number of imidazole rings is 2. The maximum absolute atomic E-state index is 12.6. The molecule has 0 amide bonds. The minimum atomic E-state index is -4.44. The summed E-state index contributed by atoms with van der Waals surface area (Å²) in [7, 11) is 0. The third-order valence-corrected chi connectivity index (χ3v) is 4.81. The van der Waals surface area contributed by atoms with E-state index in [1.165, 1.54) is 41.5 Å². The summed E-state index contributed by atoms with van der Waals surface area (Å²) < 4.78 is 77.8. The highest BCUT2D eigenvalue weighted by Crippen LogP contribution is 2.32. The van der Waals surface area contributed by atoms with Crippen molar-refractivity contribution in [2.45, 2.75) is 12.4 Å². The van der Waals surface area contributed by atoms with Gasteiger partial charge in [-0.25, -0.2) is 9.97 Å². The molecule has 7 nitrogen and oxygen atoms in total. The lowest BCUT2D eigenvalue weighted by atomic mass is 10.1. The van der Waals surface area contributed by atoms with Gasteiger partial charge in [0.25, 0.3) is 5.56 Å². The van der Waals surface area contributed by atoms with Crippen molar-refractivity contribution in [2.24, 2.45) is 0 Å². The number of H-pyrrole nitrogens is 1. The number of anilines is 1. The fourth-order valence-electron chi connectivity index (χ4n) is 3.23. The summed E-state index contributed by atoms with van der Waals surface area (Å²) in [5.74, 6) is 0. The van der Waals surface area contributed by atoms with Gasteiger partial charge < -0.3 is 15.3 Å². The minimum Gasteiger partial charge on any atom is -0.397 e. The van der Waals surface area contributed by atoms with E-state index in [0.29, 0.717) is 11.2 Å². The van der Waals surface area contributed by atoms with Crippen molar-refractivity contribution in [2.75, 3.05) is 5.73 Å². The number of aromatic nitrogens is 5. The number of nitrogens with zero attached hydrogens (tertiary/aromatic N) is 4. The summed E-state index contributed by atoms with van der Waals surface area (Å²) in [6, 6.07) is 6.42. The number of hydrogen-bond donors (Lipinski definition) is 2. The van der Waals surface area contributed by atoms with Gasteiger partial charge in [-0.15, -0.1) is 0 Å². The van der Waals surface area contributed by atoms with E-state index in [0.717, 1.165) is 24.3 Å². The number of rotatable bonds is 1. The number of hydrogen-bond acceptors (Lipinski definition) is 4. The van der Waals surface area contributed by atoms with Gasteiger partial charge in [0.15, 0.2) is 0 Å². The first-order valence-corrected chi connectivity index (χ1v) is 9.46. The Labute approximate surface area is 186 Å². The zero-order valence-corrected chi connectivity index (χ0v) is 16.9. The molecule has 13 heteroatoms. The summed E-state index contributed by atoms with van der Waals surface area (Å²) in [6.07, 6.45) is -1.26. The van der Waals surface area contributed by atoms with E-state index in [1.807, 2.05) is 0 Å². The molecule has 0 saturated carbocycles. The Morgan fingerprint density at radius 1 is 0.882 bits per heavy atom. The van der Waals surface area contributed by atoms with Crippen molar-refractivity contribution in [1.82, 2.24) is 23.9 Å². The van der Waals surface area contributed by atoms with Crippen molar-refractivity contribution < 1.29 is 26.3 Å². The van der Waals surface area contributed by atoms with Crippen molar-refractivity contribution >= 4 is 22.4 Å². The first-order chi connectivity index (χ1) is 15.9. The molecule has 3 heterocycles. The Balaban J connectivity index is 0.000000162. The Bertz CT molecular complexity index is 1520. The topological polar surface area (TPSA) is 94.0 Å². The van der Waals surface area contributed by atoms with Gasteiger partial charge in [0.05, 0.1) is 39.9 Å². The van der Waals surface area contributed by atoms with Gasteiger partial charge in [0.1, 0.15) is 0 Å². The molecule has 0 bridgehead atoms. The third kappa shape index (κ3) is 4.44. The first-order valence-electron chi connectivity index (χ1n) is 9.46. The minimum absolute atomic E-state index is 0.0628. The molecule has 0 unspecified atom stereocenters. The molecule has 0 aliphatic heterocycles. The molecule has 34 heavy (non-hydrogen) atoms. The van der Waals surface area contributed by atoms with Crippen LogP contribution in [0.3, 0.4) is 0 Å². The number of nitrogens with one attached hydrogen (secondary N) is 1. The fourth-order valence-corrected chi connectivity index (χ4v) is 3.23. The number of halogens is 6. The molecule has 5 aromatic rings. The predicted molar refractivity (Wildman–Crippen MR) is 111 cm³/mol. The summed E-state index contributed by atoms with van der Waals surface area (Å²) in [5.41, 5.74) is 4.77. The lowest BCUT2D eigenvalue weighted by molar-refractivity contribution is -0.138. The zero-order chi connectivity index (χ0) is 24.7. The van der Waals surface area contributed by atoms with E-state index in [1.54, 1.807) is 10.8 Å². The molecule has 3 aromatic heterocycles. The van der Waals surface area contributed by atoms with Crippen LogP contribution in [0.25, 0.3) is 22.4 Å². The molecular weight excluding hydrogens is 466 g/mol. The molecule has 0 radical (unpaired) electrons. The second kappa shape index (κ2) is 8.24. The van der Waals surface area contributed by atoms with Crippen LogP contribution in [0.4, 0.5) is 32.0 Å². The van der Waals surface area contributed by atoms with Crippen LogP contribution in [0, 0.1) is 0 Å². The van der Waals surface area contributed by atoms with E-state index in [2.05, 4.69) is 15.0 Å². The molecule has 0 spiro atoms. The molecule has 0 fully saturated rings. The second-order valence-electron chi connectivity index (χ2n) is 7.05. The summed E-state index contributed by atoms with van der Waals surface area (Å²) in [5, 5.41) is 0. The van der Waals surface area contributed by atoms with Gasteiger partial charge in [-0.2, -0.15) is 26.3 Å². The number of nitrogen functional groups attached to an aromatic ring is 1. The first kappa shape index (κ1) is 22.9. The number of fused-ring (bicyclic) bond motifs is 3. The summed E-state index contributed by atoms with van der Waals surface area (Å²) >= 11 is 0. The van der Waals surface area contributed by atoms with E-state index >= 15 is 0 Å². The van der Waals surface area contributed by atoms with E-state index in [4.69, 9.17) is 5.73 Å². The normalized spacial score (nSPS) is 12.1. The second-order valence-corrected chi connectivity index (χ2v) is 7.05. The average Bonchev–Trinajstić information content (AvgIpc) is 3.45. The Morgan fingerprint density at radius 2 is 1.56 bits per heavy atom. The number of aromatic amines is 1. The number of benzene rings is 2. The molecular formula is C21H14F6N6O. The molecule has 0 aliphatic rings. The molecule has 176 valence electrons. The van der Waals surface area contributed by atoms with Gasteiger partial charge >= 0.3 is 12.4 Å². The SMILES string of the molecule is Nc1cc(C(F)(F)F)ccc1-n1ccnc1.O=c1[nH]c2cc(C(F)(F)F)ccc2n2ccnc12. The third-order valence-electron chi connectivity index (χ3n) is 4.81. The lowest BCUT2D eigenvalue weighted by Crippen LogP contribution is -2.12. The van der Waals surface area contributed by atoms with Gasteiger partial charge in [-0.3, -0.25) is 9.20 Å². The van der Waals surface area contributed by atoms with Crippen LogP contribution in [0.5, 0.6) is 0 Å². The van der Waals surface area contributed by atoms with Crippen molar-refractivity contribution in [3.63, 3.8) is 0 Å². The van der Waals surface area contributed by atoms with E-state index in [-0.39, 0.29) is 16.9 Å². The summed E-state index contributed by atoms with van der Waals surface area (Å²) in [6.45, 7) is 0. The highest BCUT2D eigenvalue weighted by molar-refractivity contribution is 5.78. The average molecular weight is 480 g/mol. The molecule has 0 saturated heterocycles. The molecule has 0 atom stereocenters. The van der Waals surface area contributed by atoms with Gasteiger partial charge in [-0.05, 0) is 36.4 Å². The highest BCUT2D eigenvalue weighted by atomic mass is 19.4. The van der Waals surface area contributed by atoms with Crippen LogP contribution < -0.4 is 11.3 Å². The van der Waals surface area contributed by atoms with Crippen LogP contribution in [-0.2, 0) is 12.4 Å². The number of alkyl halides is 6. The van der Waals surface area contributed by atoms with Crippen molar-refractivity contribution in [3.8, 4) is 5.69 Å². The lowest BCUT2D eigenvalue weighted by Gasteiger charge is -2.10. The van der Waals surface area contributed by atoms with Crippen molar-refractivity contribution in [3.05, 3.63) is 89.0 Å². The smallest absolute Gasteiger partial charge is 0.397 e. The molecule has 5 rings (SSSR count). The fraction of sp³-hybridized carbons (Fsp3) is 0.0952. The standard InChI is InChI=1S/C11H6F3N3O.C10H8F3N3/c12-11(13,14)6-1-2-8-7(5-6)16-10(18)9-15-3-4-17(8)9;11-10(12,13)7-1-2-9(8(14)5-7)16-4-3-15-6-16/h1-5H,(H,16,18);1-6H,14H2. The van der Waals surface area contributed by atoms with Gasteiger partial charge in [0.2, 0.25) is 5.65 Å². The maximum atomic E-state index is 12.6. The maximum Gasteiger partial charge on any atom is 0.416 e. The predicted octanol–water partition coefficient (Wildman–Crippen LogP) is 4.67. The van der Waals surface area contributed by atoms with Crippen LogP contribution >= 0.6 is 0 Å². The van der Waals surface area contributed by atoms with Crippen LogP contribution in [0.2, 0.25) is 0 Å². The Hall–Kier alpha value is -4.29. The van der Waals surface area contributed by atoms with Crippen molar-refractivity contribution in [1.29, 1.82) is 0 Å².